The standard InChI is InChI=1S/Al.HNO2.2H/c;2-1-3;;/h;(H,2,3);;/p-1. The van der Waals surface area contributed by atoms with Crippen LogP contribution >= 0.6 is 0 Å². The van der Waals surface area contributed by atoms with Gasteiger partial charge in [-0.1, -0.05) is 0 Å². The minimum absolute atomic E-state index is 0. The first kappa shape index (κ1) is 9.06. The second kappa shape index (κ2) is 12.6. The van der Waals surface area contributed by atoms with E-state index < -0.39 is 0 Å². The zero-order chi connectivity index (χ0) is 2.71. The normalized spacial score (nSPS) is 3.00. The lowest BCUT2D eigenvalue weighted by Gasteiger charge is -1.51. The molecule has 0 fully saturated rings. The molecule has 0 bridgehead atoms. The summed E-state index contributed by atoms with van der Waals surface area (Å²) in [6.07, 6.45) is 0. The maximum atomic E-state index is 8.00. The Morgan fingerprint density at radius 1 is 1.75 bits per heavy atom. The second-order valence-corrected chi connectivity index (χ2v) is 0.0745. The summed E-state index contributed by atoms with van der Waals surface area (Å²) in [6.45, 7) is 0. The predicted octanol–water partition coefficient (Wildman–Crippen LogP) is -0.666. The Balaban J connectivity index is 0. The number of hydrogen-bond acceptors (Lipinski definition) is 3. The maximum Gasteiger partial charge on any atom is 0.146 e. The Hall–Kier alpha value is -0.0675. The van der Waals surface area contributed by atoms with Gasteiger partial charge in [-0.15, -0.1) is 5.34 Å². The van der Waals surface area contributed by atoms with Crippen LogP contribution < -0.4 is 0 Å². The van der Waals surface area contributed by atoms with E-state index >= 15 is 0 Å². The van der Waals surface area contributed by atoms with E-state index in [-0.39, 0.29) is 17.4 Å². The first-order valence-electron chi connectivity index (χ1n) is 0.365. The summed E-state index contributed by atoms with van der Waals surface area (Å²) in [7, 11) is 0. The molecule has 0 heterocycles. The van der Waals surface area contributed by atoms with Crippen molar-refractivity contribution in [2.75, 3.05) is 0 Å². The molecule has 0 amide bonds. The van der Waals surface area contributed by atoms with Gasteiger partial charge in [-0.05, 0) is 0 Å². The molecule has 3 nitrogen and oxygen atoms in total. The van der Waals surface area contributed by atoms with Crippen molar-refractivity contribution >= 4 is 17.4 Å². The van der Waals surface area contributed by atoms with Crippen molar-refractivity contribution in [1.82, 2.24) is 0 Å². The summed E-state index contributed by atoms with van der Waals surface area (Å²) in [4.78, 5) is 8.00. The van der Waals surface area contributed by atoms with Crippen molar-refractivity contribution in [3.63, 3.8) is 0 Å². The van der Waals surface area contributed by atoms with Crippen LogP contribution in [0.1, 0.15) is 0 Å². The van der Waals surface area contributed by atoms with Crippen molar-refractivity contribution in [2.24, 2.45) is 5.34 Å². The van der Waals surface area contributed by atoms with Gasteiger partial charge in [0.2, 0.25) is 0 Å². The van der Waals surface area contributed by atoms with Crippen molar-refractivity contribution < 1.29 is 0 Å². The molecule has 0 atom stereocenters. The van der Waals surface area contributed by atoms with E-state index in [9.17, 15) is 0 Å². The summed E-state index contributed by atoms with van der Waals surface area (Å²) in [5, 5.41) is 9.00. The summed E-state index contributed by atoms with van der Waals surface area (Å²) in [5.41, 5.74) is 0. The van der Waals surface area contributed by atoms with Crippen LogP contribution in [0.15, 0.2) is 5.34 Å². The average Bonchev–Trinajstić information content (AvgIpc) is 0.918. The topological polar surface area (TPSA) is 52.5 Å². The van der Waals surface area contributed by atoms with Crippen molar-refractivity contribution in [3.8, 4) is 0 Å². The number of hydrogen-bond donors (Lipinski definition) is 0. The van der Waals surface area contributed by atoms with Gasteiger partial charge in [-0.25, -0.2) is 0 Å². The molecular formula is H2AlNO2-. The molecule has 0 aromatic rings. The Kier molecular flexibility index (Phi) is 28.5. The van der Waals surface area contributed by atoms with E-state index in [1.54, 1.807) is 0 Å². The summed E-state index contributed by atoms with van der Waals surface area (Å²) < 4.78 is 0. The lowest BCUT2D eigenvalue weighted by molar-refractivity contribution is 1.59. The first-order chi connectivity index (χ1) is 1.41. The molecule has 4 heavy (non-hydrogen) atoms. The van der Waals surface area contributed by atoms with Crippen LogP contribution in [-0.2, 0) is 0 Å². The van der Waals surface area contributed by atoms with Crippen molar-refractivity contribution in [2.45, 2.75) is 0 Å². The van der Waals surface area contributed by atoms with Gasteiger partial charge < -0.3 is 10.1 Å². The van der Waals surface area contributed by atoms with E-state index in [1.165, 1.54) is 0 Å². The smallest absolute Gasteiger partial charge is 0.146 e. The fraction of sp³-hybridized carbons (Fsp3) is 0. The van der Waals surface area contributed by atoms with Gasteiger partial charge in [0.05, 0.1) is 0 Å². The molecule has 0 aliphatic carbocycles. The molecule has 0 N–H and O–H groups in total. The SMILES string of the molecule is O=N[O-].[AlH2]. The van der Waals surface area contributed by atoms with Gasteiger partial charge in [0.1, 0.15) is 17.4 Å². The summed E-state index contributed by atoms with van der Waals surface area (Å²) in [5.74, 6) is 0. The molecule has 0 aromatic carbocycles. The highest BCUT2D eigenvalue weighted by atomic mass is 27.0. The average molecular weight is 75.0 g/mol. The van der Waals surface area contributed by atoms with Crippen LogP contribution in [0.5, 0.6) is 0 Å². The van der Waals surface area contributed by atoms with E-state index in [4.69, 9.17) is 10.1 Å². The fourth-order valence-electron chi connectivity index (χ4n) is 0. The van der Waals surface area contributed by atoms with Gasteiger partial charge in [0, 0.05) is 0 Å². The van der Waals surface area contributed by atoms with Crippen LogP contribution in [0.3, 0.4) is 0 Å². The minimum Gasteiger partial charge on any atom is -0.444 e. The minimum atomic E-state index is 0. The molecule has 0 aliphatic rings. The Morgan fingerprint density at radius 3 is 1.75 bits per heavy atom. The van der Waals surface area contributed by atoms with Gasteiger partial charge in [-0.3, -0.25) is 0 Å². The highest BCUT2D eigenvalue weighted by molar-refractivity contribution is 5.75. The lowest BCUT2D eigenvalue weighted by Crippen LogP contribution is -1.12. The highest BCUT2D eigenvalue weighted by Crippen LogP contribution is 1.34. The third-order valence-corrected chi connectivity index (χ3v) is 0. The molecule has 1 radical (unpaired) electrons. The Labute approximate surface area is 33.7 Å². The summed E-state index contributed by atoms with van der Waals surface area (Å²) >= 11 is 0. The Bertz CT molecular complexity index is 13.5. The van der Waals surface area contributed by atoms with Gasteiger partial charge in [0.15, 0.2) is 0 Å². The third-order valence-electron chi connectivity index (χ3n) is 0. The third kappa shape index (κ3) is 368. The fourth-order valence-corrected chi connectivity index (χ4v) is 0. The first-order valence-corrected chi connectivity index (χ1v) is 0.365. The molecule has 0 rings (SSSR count). The lowest BCUT2D eigenvalue weighted by atomic mass is 13.4. The van der Waals surface area contributed by atoms with Crippen LogP contribution in [0.25, 0.3) is 0 Å². The van der Waals surface area contributed by atoms with Gasteiger partial charge in [-0.2, -0.15) is 0 Å². The Morgan fingerprint density at radius 2 is 1.75 bits per heavy atom. The second-order valence-electron chi connectivity index (χ2n) is 0.0745. The molecule has 23 valence electrons. The van der Waals surface area contributed by atoms with Crippen LogP contribution in [-0.4, -0.2) is 17.4 Å². The number of nitrogens with zero attached hydrogens (tertiary/aromatic N) is 1. The highest BCUT2D eigenvalue weighted by Gasteiger charge is 0.958. The van der Waals surface area contributed by atoms with Crippen molar-refractivity contribution in [3.05, 3.63) is 10.1 Å². The molecule has 0 saturated carbocycles. The largest absolute Gasteiger partial charge is 0.444 e. The van der Waals surface area contributed by atoms with E-state index in [1.807, 2.05) is 0 Å². The van der Waals surface area contributed by atoms with Crippen LogP contribution in [0.4, 0.5) is 0 Å². The van der Waals surface area contributed by atoms with Crippen LogP contribution in [0, 0.1) is 10.1 Å². The van der Waals surface area contributed by atoms with Gasteiger partial charge >= 0.3 is 0 Å². The predicted molar refractivity (Wildman–Crippen MR) is 17.7 cm³/mol. The summed E-state index contributed by atoms with van der Waals surface area (Å²) in [6, 6.07) is 0. The zero-order valence-corrected chi connectivity index (χ0v) is 4.26. The quantitative estimate of drug-likeness (QED) is 0.218. The molecule has 0 aliphatic heterocycles. The molecule has 0 aromatic heterocycles. The molecule has 0 saturated heterocycles. The van der Waals surface area contributed by atoms with E-state index in [0.717, 1.165) is 5.34 Å². The van der Waals surface area contributed by atoms with Crippen molar-refractivity contribution in [1.29, 1.82) is 0 Å². The number of rotatable bonds is 0. The molecule has 0 unspecified atom stereocenters. The van der Waals surface area contributed by atoms with Gasteiger partial charge in [0.25, 0.3) is 0 Å². The zero-order valence-electron chi connectivity index (χ0n) is 2.26. The van der Waals surface area contributed by atoms with Crippen LogP contribution in [0.2, 0.25) is 0 Å². The molecule has 0 spiro atoms. The molecule has 4 heteroatoms. The van der Waals surface area contributed by atoms with E-state index in [0.29, 0.717) is 0 Å². The monoisotopic (exact) mass is 75.0 g/mol. The van der Waals surface area contributed by atoms with E-state index in [2.05, 4.69) is 0 Å². The maximum absolute atomic E-state index is 8.00. The molecular weight excluding hydrogens is 73.0 g/mol.